The lowest BCUT2D eigenvalue weighted by atomic mass is 10.3. The number of anilines is 1. The van der Waals surface area contributed by atoms with Gasteiger partial charge in [0.05, 0.1) is 6.20 Å². The van der Waals surface area contributed by atoms with E-state index in [9.17, 15) is 4.39 Å². The van der Waals surface area contributed by atoms with E-state index in [2.05, 4.69) is 19.7 Å². The fourth-order valence-corrected chi connectivity index (χ4v) is 1.70. The van der Waals surface area contributed by atoms with Crippen molar-refractivity contribution >= 4 is 16.7 Å². The van der Waals surface area contributed by atoms with E-state index in [4.69, 9.17) is 0 Å². The molecule has 0 bridgehead atoms. The Morgan fingerprint density at radius 2 is 2.33 bits per heavy atom. The standard InChI is InChI=1S/C9H9FN4S/c1-2-11-9-13-8(14-15-9)7-4-3-6(10)5-12-7/h3-5H,2H2,1H3,(H,11,13,14). The van der Waals surface area contributed by atoms with Gasteiger partial charge in [-0.15, -0.1) is 0 Å². The summed E-state index contributed by atoms with van der Waals surface area (Å²) in [6, 6.07) is 2.91. The van der Waals surface area contributed by atoms with Crippen LogP contribution in [0.4, 0.5) is 9.52 Å². The van der Waals surface area contributed by atoms with Crippen molar-refractivity contribution in [3.63, 3.8) is 0 Å². The average Bonchev–Trinajstić information content (AvgIpc) is 2.68. The van der Waals surface area contributed by atoms with Gasteiger partial charge in [-0.2, -0.15) is 9.36 Å². The number of rotatable bonds is 3. The molecular formula is C9H9FN4S. The molecule has 0 aliphatic carbocycles. The summed E-state index contributed by atoms with van der Waals surface area (Å²) >= 11 is 1.27. The van der Waals surface area contributed by atoms with Crippen LogP contribution in [-0.2, 0) is 0 Å². The zero-order valence-corrected chi connectivity index (χ0v) is 8.88. The maximum absolute atomic E-state index is 12.6. The first kappa shape index (κ1) is 9.97. The first-order chi connectivity index (χ1) is 7.29. The molecule has 0 unspecified atom stereocenters. The second-order valence-electron chi connectivity index (χ2n) is 2.82. The normalized spacial score (nSPS) is 10.3. The Morgan fingerprint density at radius 1 is 1.47 bits per heavy atom. The number of nitrogens with zero attached hydrogens (tertiary/aromatic N) is 3. The first-order valence-corrected chi connectivity index (χ1v) is 5.26. The summed E-state index contributed by atoms with van der Waals surface area (Å²) in [6.07, 6.45) is 1.16. The van der Waals surface area contributed by atoms with Crippen LogP contribution in [0.15, 0.2) is 18.3 Å². The number of hydrogen-bond acceptors (Lipinski definition) is 5. The minimum Gasteiger partial charge on any atom is -0.361 e. The minimum absolute atomic E-state index is 0.360. The van der Waals surface area contributed by atoms with Gasteiger partial charge in [0, 0.05) is 18.1 Å². The van der Waals surface area contributed by atoms with Crippen molar-refractivity contribution in [1.82, 2.24) is 14.3 Å². The number of nitrogens with one attached hydrogen (secondary N) is 1. The highest BCUT2D eigenvalue weighted by Gasteiger charge is 2.06. The van der Waals surface area contributed by atoms with Gasteiger partial charge in [0.25, 0.3) is 0 Å². The second-order valence-corrected chi connectivity index (χ2v) is 3.57. The summed E-state index contributed by atoms with van der Waals surface area (Å²) in [6.45, 7) is 2.78. The first-order valence-electron chi connectivity index (χ1n) is 4.49. The maximum Gasteiger partial charge on any atom is 0.202 e. The van der Waals surface area contributed by atoms with Crippen molar-refractivity contribution in [2.24, 2.45) is 0 Å². The molecule has 0 spiro atoms. The summed E-state index contributed by atoms with van der Waals surface area (Å²) < 4.78 is 16.7. The molecular weight excluding hydrogens is 215 g/mol. The molecule has 0 radical (unpaired) electrons. The predicted molar refractivity (Wildman–Crippen MR) is 57.3 cm³/mol. The van der Waals surface area contributed by atoms with Crippen LogP contribution < -0.4 is 5.32 Å². The monoisotopic (exact) mass is 224 g/mol. The van der Waals surface area contributed by atoms with Crippen LogP contribution in [-0.4, -0.2) is 20.9 Å². The van der Waals surface area contributed by atoms with Gasteiger partial charge >= 0.3 is 0 Å². The van der Waals surface area contributed by atoms with Crippen LogP contribution in [0.2, 0.25) is 0 Å². The lowest BCUT2D eigenvalue weighted by Crippen LogP contribution is -1.95. The van der Waals surface area contributed by atoms with Crippen LogP contribution in [0.3, 0.4) is 0 Å². The largest absolute Gasteiger partial charge is 0.361 e. The van der Waals surface area contributed by atoms with E-state index in [0.717, 1.165) is 17.9 Å². The summed E-state index contributed by atoms with van der Waals surface area (Å²) in [5, 5.41) is 3.80. The molecule has 15 heavy (non-hydrogen) atoms. The third-order valence-corrected chi connectivity index (χ3v) is 2.38. The van der Waals surface area contributed by atoms with E-state index in [1.807, 2.05) is 6.92 Å². The Balaban J connectivity index is 2.25. The van der Waals surface area contributed by atoms with Gasteiger partial charge < -0.3 is 5.32 Å². The highest BCUT2D eigenvalue weighted by molar-refractivity contribution is 7.09. The molecule has 78 valence electrons. The fourth-order valence-electron chi connectivity index (χ4n) is 1.06. The van der Waals surface area contributed by atoms with Gasteiger partial charge in [-0.25, -0.2) is 9.37 Å². The molecule has 0 atom stereocenters. The van der Waals surface area contributed by atoms with E-state index in [0.29, 0.717) is 11.5 Å². The van der Waals surface area contributed by atoms with Crippen molar-refractivity contribution < 1.29 is 4.39 Å². The molecule has 2 aromatic heterocycles. The summed E-state index contributed by atoms with van der Waals surface area (Å²) in [4.78, 5) is 8.11. The van der Waals surface area contributed by atoms with Gasteiger partial charge in [-0.05, 0) is 19.1 Å². The minimum atomic E-state index is -0.360. The molecule has 0 aliphatic heterocycles. The summed E-state index contributed by atoms with van der Waals surface area (Å²) in [5.41, 5.74) is 0.580. The lowest BCUT2D eigenvalue weighted by Gasteiger charge is -1.94. The van der Waals surface area contributed by atoms with E-state index in [1.54, 1.807) is 6.07 Å². The molecule has 4 nitrogen and oxygen atoms in total. The van der Waals surface area contributed by atoms with Crippen molar-refractivity contribution in [3.05, 3.63) is 24.1 Å². The van der Waals surface area contributed by atoms with Gasteiger partial charge in [0.15, 0.2) is 5.82 Å². The molecule has 0 saturated carbocycles. The maximum atomic E-state index is 12.6. The van der Waals surface area contributed by atoms with Crippen LogP contribution in [0.5, 0.6) is 0 Å². The van der Waals surface area contributed by atoms with E-state index < -0.39 is 0 Å². The molecule has 1 N–H and O–H groups in total. The third kappa shape index (κ3) is 2.27. The fraction of sp³-hybridized carbons (Fsp3) is 0.222. The molecule has 2 rings (SSSR count). The van der Waals surface area contributed by atoms with E-state index in [-0.39, 0.29) is 5.82 Å². The summed E-state index contributed by atoms with van der Waals surface area (Å²) in [5.74, 6) is 0.164. The molecule has 0 aliphatic rings. The quantitative estimate of drug-likeness (QED) is 0.868. The predicted octanol–water partition coefficient (Wildman–Crippen LogP) is 2.17. The van der Waals surface area contributed by atoms with Crippen molar-refractivity contribution in [2.45, 2.75) is 6.92 Å². The number of hydrogen-bond donors (Lipinski definition) is 1. The van der Waals surface area contributed by atoms with E-state index in [1.165, 1.54) is 17.6 Å². The van der Waals surface area contributed by atoms with Gasteiger partial charge in [0.1, 0.15) is 11.5 Å². The SMILES string of the molecule is CCNc1nc(-c2ccc(F)cn2)ns1. The number of halogens is 1. The highest BCUT2D eigenvalue weighted by Crippen LogP contribution is 2.18. The van der Waals surface area contributed by atoms with Gasteiger partial charge in [0.2, 0.25) is 5.13 Å². The smallest absolute Gasteiger partial charge is 0.202 e. The Kier molecular flexibility index (Phi) is 2.86. The number of pyridine rings is 1. The molecule has 2 heterocycles. The Labute approximate surface area is 90.4 Å². The second kappa shape index (κ2) is 4.31. The Bertz CT molecular complexity index is 440. The molecule has 2 aromatic rings. The van der Waals surface area contributed by atoms with Crippen molar-refractivity contribution in [1.29, 1.82) is 0 Å². The summed E-state index contributed by atoms with van der Waals surface area (Å²) in [7, 11) is 0. The van der Waals surface area contributed by atoms with Crippen LogP contribution in [0, 0.1) is 5.82 Å². The van der Waals surface area contributed by atoms with Crippen LogP contribution in [0.25, 0.3) is 11.5 Å². The van der Waals surface area contributed by atoms with Crippen LogP contribution in [0.1, 0.15) is 6.92 Å². The molecule has 6 heteroatoms. The topological polar surface area (TPSA) is 50.7 Å². The third-order valence-electron chi connectivity index (χ3n) is 1.71. The van der Waals surface area contributed by atoms with Gasteiger partial charge in [-0.3, -0.25) is 0 Å². The molecule has 0 saturated heterocycles. The van der Waals surface area contributed by atoms with Crippen molar-refractivity contribution in [3.8, 4) is 11.5 Å². The lowest BCUT2D eigenvalue weighted by molar-refractivity contribution is 0.621. The number of aromatic nitrogens is 3. The van der Waals surface area contributed by atoms with Crippen LogP contribution >= 0.6 is 11.5 Å². The van der Waals surface area contributed by atoms with Gasteiger partial charge in [-0.1, -0.05) is 0 Å². The Morgan fingerprint density at radius 3 is 3.00 bits per heavy atom. The van der Waals surface area contributed by atoms with E-state index >= 15 is 0 Å². The molecule has 0 aromatic carbocycles. The zero-order valence-electron chi connectivity index (χ0n) is 8.07. The highest BCUT2D eigenvalue weighted by atomic mass is 32.1. The van der Waals surface area contributed by atoms with Crippen molar-refractivity contribution in [2.75, 3.05) is 11.9 Å². The zero-order chi connectivity index (χ0) is 10.7. The average molecular weight is 224 g/mol. The molecule has 0 amide bonds. The molecule has 0 fully saturated rings. The Hall–Kier alpha value is -1.56.